The van der Waals surface area contributed by atoms with Gasteiger partial charge in [-0.25, -0.2) is 4.79 Å². The van der Waals surface area contributed by atoms with Crippen molar-refractivity contribution in [3.8, 4) is 0 Å². The second kappa shape index (κ2) is 16.4. The van der Waals surface area contributed by atoms with E-state index in [1.54, 1.807) is 6.08 Å². The molecule has 1 aliphatic heterocycles. The number of ether oxygens (including phenoxy) is 2. The summed E-state index contributed by atoms with van der Waals surface area (Å²) in [4.78, 5) is 26.6. The number of esters is 2. The summed E-state index contributed by atoms with van der Waals surface area (Å²) < 4.78 is 12.3. The second-order valence-corrected chi connectivity index (χ2v) is 21.4. The lowest BCUT2D eigenvalue weighted by molar-refractivity contribution is -0.362. The number of aryl methyl sites for hydroxylation is 1. The van der Waals surface area contributed by atoms with Crippen LogP contribution in [0.25, 0.3) is 0 Å². The maximum atomic E-state index is 14.4. The highest BCUT2D eigenvalue weighted by molar-refractivity contribution is 5.85. The molecule has 3 N–H and O–H groups in total. The Morgan fingerprint density at radius 2 is 1.59 bits per heavy atom. The summed E-state index contributed by atoms with van der Waals surface area (Å²) in [5.74, 6) is -0.435. The van der Waals surface area contributed by atoms with Crippen molar-refractivity contribution in [2.45, 2.75) is 192 Å². The van der Waals surface area contributed by atoms with E-state index in [4.69, 9.17) is 9.47 Å². The van der Waals surface area contributed by atoms with Crippen LogP contribution in [-0.2, 0) is 25.5 Å². The zero-order valence-electron chi connectivity index (χ0n) is 36.0. The van der Waals surface area contributed by atoms with Crippen LogP contribution in [0.15, 0.2) is 54.1 Å². The minimum atomic E-state index is -1.56. The van der Waals surface area contributed by atoms with Gasteiger partial charge in [-0.15, -0.1) is 0 Å². The van der Waals surface area contributed by atoms with E-state index in [2.05, 4.69) is 51.1 Å². The maximum Gasteiger partial charge on any atom is 0.331 e. The quantitative estimate of drug-likeness (QED) is 0.135. The molecule has 7 heteroatoms. The van der Waals surface area contributed by atoms with E-state index >= 15 is 0 Å². The fraction of sp³-hybridized carbons (Fsp3) is 0.765. The molecule has 5 saturated carbocycles. The molecule has 58 heavy (non-hydrogen) atoms. The Morgan fingerprint density at radius 3 is 2.28 bits per heavy atom. The van der Waals surface area contributed by atoms with Gasteiger partial charge in [0.1, 0.15) is 12.7 Å². The topological polar surface area (TPSA) is 113 Å². The molecule has 6 aliphatic carbocycles. The highest BCUT2D eigenvalue weighted by Gasteiger charge is 2.81. The summed E-state index contributed by atoms with van der Waals surface area (Å²) in [7, 11) is 0. The van der Waals surface area contributed by atoms with Crippen molar-refractivity contribution in [3.05, 3.63) is 59.7 Å². The van der Waals surface area contributed by atoms with Crippen molar-refractivity contribution in [2.75, 3.05) is 6.61 Å². The molecule has 5 fully saturated rings. The molecule has 320 valence electrons. The normalized spacial score (nSPS) is 39.2. The predicted molar refractivity (Wildman–Crippen MR) is 226 cm³/mol. The molecule has 0 amide bonds. The predicted octanol–water partition coefficient (Wildman–Crippen LogP) is 10.1. The largest absolute Gasteiger partial charge is 0.462 e. The minimum absolute atomic E-state index is 0.130. The van der Waals surface area contributed by atoms with Crippen molar-refractivity contribution in [2.24, 2.45) is 45.3 Å². The van der Waals surface area contributed by atoms with Gasteiger partial charge in [-0.05, 0) is 143 Å². The summed E-state index contributed by atoms with van der Waals surface area (Å²) in [5.41, 5.74) is -3.22. The fourth-order valence-electron chi connectivity index (χ4n) is 14.8. The van der Waals surface area contributed by atoms with Gasteiger partial charge in [0.2, 0.25) is 0 Å². The number of hydrogen-bond acceptors (Lipinski definition) is 7. The molecule has 7 nitrogen and oxygen atoms in total. The molecule has 8 rings (SSSR count). The van der Waals surface area contributed by atoms with Crippen molar-refractivity contribution in [1.82, 2.24) is 0 Å². The average molecular weight is 799 g/mol. The van der Waals surface area contributed by atoms with Gasteiger partial charge in [-0.2, -0.15) is 0 Å². The van der Waals surface area contributed by atoms with E-state index in [1.807, 2.05) is 12.2 Å². The number of carbonyl (C=O) groups is 2. The number of cyclic esters (lactones) is 1. The first kappa shape index (κ1) is 42.2. The molecule has 2 spiro atoms. The molecule has 2 bridgehead atoms. The number of hydrogen-bond donors (Lipinski definition) is 3. The monoisotopic (exact) mass is 799 g/mol. The second-order valence-electron chi connectivity index (χ2n) is 21.4. The summed E-state index contributed by atoms with van der Waals surface area (Å²) >= 11 is 0. The smallest absolute Gasteiger partial charge is 0.331 e. The van der Waals surface area contributed by atoms with E-state index in [9.17, 15) is 24.9 Å². The zero-order chi connectivity index (χ0) is 40.8. The van der Waals surface area contributed by atoms with Gasteiger partial charge in [0.25, 0.3) is 0 Å². The molecule has 7 aliphatic rings. The standard InChI is InChI=1S/C51H74O7/c1-36(13-12-16-37-14-6-4-7-15-37)19-29-49(55)32-31-46(2)34-41(58-45(54)39-17-8-5-9-18-39)44-47(3,40-21-27-48(28-22-40)24-10-11-25-48)26-23-42(52)51(44,49)50(46,56)30-20-38-33-43(53)57-35-38/h4,6-7,14-15,31-33,36,39-42,44,52,55-56H,5,8-13,16-30,34-35H2,1-3H3. The van der Waals surface area contributed by atoms with E-state index in [0.717, 1.165) is 82.6 Å². The third-order valence-corrected chi connectivity index (χ3v) is 18.2. The van der Waals surface area contributed by atoms with E-state index in [-0.39, 0.29) is 30.9 Å². The van der Waals surface area contributed by atoms with Gasteiger partial charge in [-0.1, -0.05) is 102 Å². The van der Waals surface area contributed by atoms with Gasteiger partial charge in [-0.3, -0.25) is 4.79 Å². The summed E-state index contributed by atoms with van der Waals surface area (Å²) in [5, 5.41) is 41.0. The van der Waals surface area contributed by atoms with Crippen LogP contribution in [0.4, 0.5) is 0 Å². The molecular weight excluding hydrogens is 725 g/mol. The molecule has 0 aromatic heterocycles. The fourth-order valence-corrected chi connectivity index (χ4v) is 14.8. The highest BCUT2D eigenvalue weighted by Crippen LogP contribution is 2.76. The van der Waals surface area contributed by atoms with Crippen LogP contribution in [0.1, 0.15) is 168 Å². The SMILES string of the molecule is CC(CCCc1ccccc1)CCC1(O)C=CC2(C)CC(OC(=O)C3CCCCC3)C3C(C)(C4CCC5(CCCC5)CC4)CCC(O)C31C2(O)CCC1=CC(=O)OC1. The Bertz CT molecular complexity index is 1680. The molecule has 1 aromatic rings. The number of fused-ring (bicyclic) bond motifs is 1. The van der Waals surface area contributed by atoms with Gasteiger partial charge in [0.15, 0.2) is 0 Å². The number of aliphatic hydroxyl groups is 3. The maximum absolute atomic E-state index is 14.4. The summed E-state index contributed by atoms with van der Waals surface area (Å²) in [6, 6.07) is 10.6. The average Bonchev–Trinajstić information content (AvgIpc) is 3.87. The first-order valence-electron chi connectivity index (χ1n) is 23.7. The molecule has 9 atom stereocenters. The first-order chi connectivity index (χ1) is 27.8. The number of aliphatic hydroxyl groups excluding tert-OH is 1. The molecule has 9 unspecified atom stereocenters. The van der Waals surface area contributed by atoms with Crippen molar-refractivity contribution < 1.29 is 34.4 Å². The van der Waals surface area contributed by atoms with E-state index in [0.29, 0.717) is 42.9 Å². The van der Waals surface area contributed by atoms with Crippen LogP contribution in [0.5, 0.6) is 0 Å². The molecule has 0 radical (unpaired) electrons. The van der Waals surface area contributed by atoms with Crippen LogP contribution in [0, 0.1) is 45.3 Å². The van der Waals surface area contributed by atoms with Gasteiger partial charge < -0.3 is 24.8 Å². The Hall–Kier alpha value is -2.48. The van der Waals surface area contributed by atoms with Crippen molar-refractivity contribution >= 4 is 11.9 Å². The lowest BCUT2D eigenvalue weighted by Gasteiger charge is -2.76. The third-order valence-electron chi connectivity index (χ3n) is 18.2. The van der Waals surface area contributed by atoms with Gasteiger partial charge >= 0.3 is 11.9 Å². The Morgan fingerprint density at radius 1 is 0.862 bits per heavy atom. The van der Waals surface area contributed by atoms with E-state index in [1.165, 1.54) is 44.1 Å². The Balaban J connectivity index is 1.20. The van der Waals surface area contributed by atoms with Gasteiger partial charge in [0.05, 0.1) is 28.6 Å². The van der Waals surface area contributed by atoms with Gasteiger partial charge in [0, 0.05) is 17.4 Å². The third kappa shape index (κ3) is 7.27. The van der Waals surface area contributed by atoms with Crippen LogP contribution in [0.3, 0.4) is 0 Å². The molecule has 1 aromatic carbocycles. The van der Waals surface area contributed by atoms with E-state index < -0.39 is 45.6 Å². The first-order valence-corrected chi connectivity index (χ1v) is 23.7. The van der Waals surface area contributed by atoms with Crippen LogP contribution >= 0.6 is 0 Å². The number of carbonyl (C=O) groups excluding carboxylic acids is 2. The summed E-state index contributed by atoms with van der Waals surface area (Å²) in [6.45, 7) is 6.94. The lowest BCUT2D eigenvalue weighted by Crippen LogP contribution is -2.83. The molecule has 1 heterocycles. The summed E-state index contributed by atoms with van der Waals surface area (Å²) in [6.07, 6.45) is 25.4. The molecule has 0 saturated heterocycles. The number of benzene rings is 1. The van der Waals surface area contributed by atoms with Crippen LogP contribution in [0.2, 0.25) is 0 Å². The molecular formula is C51H74O7. The Labute approximate surface area is 348 Å². The van der Waals surface area contributed by atoms with Crippen LogP contribution < -0.4 is 0 Å². The number of rotatable bonds is 13. The highest BCUT2D eigenvalue weighted by atomic mass is 16.5. The van der Waals surface area contributed by atoms with Crippen molar-refractivity contribution in [1.29, 1.82) is 0 Å². The van der Waals surface area contributed by atoms with Crippen molar-refractivity contribution in [3.63, 3.8) is 0 Å². The lowest BCUT2D eigenvalue weighted by atomic mass is 9.31. The van der Waals surface area contributed by atoms with Crippen LogP contribution in [-0.4, -0.2) is 57.3 Å². The zero-order valence-corrected chi connectivity index (χ0v) is 36.0. The minimum Gasteiger partial charge on any atom is -0.462 e. The Kier molecular flexibility index (Phi) is 12.0.